The van der Waals surface area contributed by atoms with Crippen LogP contribution in [0.15, 0.2) is 48.5 Å². The zero-order valence-corrected chi connectivity index (χ0v) is 16.3. The van der Waals surface area contributed by atoms with Gasteiger partial charge in [0, 0.05) is 18.1 Å². The van der Waals surface area contributed by atoms with E-state index in [-0.39, 0.29) is 6.03 Å². The highest BCUT2D eigenvalue weighted by Gasteiger charge is 2.20. The lowest BCUT2D eigenvalue weighted by Crippen LogP contribution is -2.39. The summed E-state index contributed by atoms with van der Waals surface area (Å²) in [6, 6.07) is 15.2. The van der Waals surface area contributed by atoms with Gasteiger partial charge in [-0.3, -0.25) is 4.90 Å². The summed E-state index contributed by atoms with van der Waals surface area (Å²) in [5.74, 6) is 1.15. The Morgan fingerprint density at radius 2 is 1.85 bits per heavy atom. The Morgan fingerprint density at radius 1 is 1.15 bits per heavy atom. The van der Waals surface area contributed by atoms with Gasteiger partial charge in [0.05, 0.1) is 12.8 Å². The van der Waals surface area contributed by atoms with Gasteiger partial charge >= 0.3 is 6.03 Å². The molecule has 0 unspecified atom stereocenters. The van der Waals surface area contributed by atoms with Crippen LogP contribution in [0.5, 0.6) is 5.75 Å². The number of likely N-dealkylation sites (tertiary alicyclic amines) is 1. The molecule has 0 aliphatic carbocycles. The van der Waals surface area contributed by atoms with Gasteiger partial charge in [-0.05, 0) is 55.6 Å². The van der Waals surface area contributed by atoms with E-state index in [9.17, 15) is 4.79 Å². The maximum atomic E-state index is 12.2. The maximum Gasteiger partial charge on any atom is 0.319 e. The fourth-order valence-electron chi connectivity index (χ4n) is 3.37. The van der Waals surface area contributed by atoms with Crippen LogP contribution >= 0.6 is 11.6 Å². The molecule has 0 saturated carbocycles. The zero-order chi connectivity index (χ0) is 19.1. The SMILES string of the molecule is COc1ccccc1NC(=O)NCC1CCN(Cc2ccccc2Cl)CC1. The summed E-state index contributed by atoms with van der Waals surface area (Å²) in [4.78, 5) is 14.6. The van der Waals surface area contributed by atoms with E-state index in [1.165, 1.54) is 5.56 Å². The van der Waals surface area contributed by atoms with Gasteiger partial charge in [-0.25, -0.2) is 4.79 Å². The van der Waals surface area contributed by atoms with E-state index < -0.39 is 0 Å². The smallest absolute Gasteiger partial charge is 0.319 e. The molecule has 2 N–H and O–H groups in total. The molecule has 1 fully saturated rings. The van der Waals surface area contributed by atoms with E-state index >= 15 is 0 Å². The molecule has 0 aromatic heterocycles. The van der Waals surface area contributed by atoms with Crippen LogP contribution in [0.2, 0.25) is 5.02 Å². The number of anilines is 1. The Bertz CT molecular complexity index is 761. The first-order chi connectivity index (χ1) is 13.2. The number of methoxy groups -OCH3 is 1. The molecule has 1 heterocycles. The van der Waals surface area contributed by atoms with Crippen LogP contribution in [0.3, 0.4) is 0 Å². The van der Waals surface area contributed by atoms with E-state index in [1.54, 1.807) is 7.11 Å². The maximum absolute atomic E-state index is 12.2. The number of urea groups is 1. The number of hydrogen-bond acceptors (Lipinski definition) is 3. The van der Waals surface area contributed by atoms with Crippen LogP contribution in [0, 0.1) is 5.92 Å². The minimum absolute atomic E-state index is 0.196. The van der Waals surface area contributed by atoms with Crippen molar-refractivity contribution in [3.05, 3.63) is 59.1 Å². The van der Waals surface area contributed by atoms with Crippen LogP contribution in [0.1, 0.15) is 18.4 Å². The monoisotopic (exact) mass is 387 g/mol. The van der Waals surface area contributed by atoms with E-state index in [0.29, 0.717) is 23.9 Å². The lowest BCUT2D eigenvalue weighted by molar-refractivity contribution is 0.176. The predicted molar refractivity (Wildman–Crippen MR) is 109 cm³/mol. The molecule has 0 radical (unpaired) electrons. The van der Waals surface area contributed by atoms with E-state index in [0.717, 1.165) is 37.5 Å². The topological polar surface area (TPSA) is 53.6 Å². The normalized spacial score (nSPS) is 15.3. The Hall–Kier alpha value is -2.24. The van der Waals surface area contributed by atoms with Gasteiger partial charge in [-0.15, -0.1) is 0 Å². The molecule has 1 saturated heterocycles. The van der Waals surface area contributed by atoms with E-state index in [2.05, 4.69) is 21.6 Å². The molecule has 2 aromatic carbocycles. The van der Waals surface area contributed by atoms with Gasteiger partial charge < -0.3 is 15.4 Å². The molecule has 27 heavy (non-hydrogen) atoms. The summed E-state index contributed by atoms with van der Waals surface area (Å²) < 4.78 is 5.25. The Labute approximate surface area is 165 Å². The second kappa shape index (κ2) is 9.62. The number of nitrogens with one attached hydrogen (secondary N) is 2. The summed E-state index contributed by atoms with van der Waals surface area (Å²) in [6.07, 6.45) is 2.14. The van der Waals surface area contributed by atoms with E-state index in [1.807, 2.05) is 42.5 Å². The largest absolute Gasteiger partial charge is 0.495 e. The number of ether oxygens (including phenoxy) is 1. The van der Waals surface area contributed by atoms with Crippen LogP contribution in [-0.2, 0) is 6.54 Å². The first kappa shape index (κ1) is 19.5. The molecule has 0 bridgehead atoms. The van der Waals surface area contributed by atoms with Gasteiger partial charge in [0.1, 0.15) is 5.75 Å². The summed E-state index contributed by atoms with van der Waals surface area (Å²) >= 11 is 6.25. The lowest BCUT2D eigenvalue weighted by atomic mass is 9.96. The molecular weight excluding hydrogens is 362 g/mol. The van der Waals surface area contributed by atoms with Crippen molar-refractivity contribution in [2.45, 2.75) is 19.4 Å². The highest BCUT2D eigenvalue weighted by Crippen LogP contribution is 2.24. The number of carbonyl (C=O) groups is 1. The van der Waals surface area contributed by atoms with Crippen molar-refractivity contribution in [1.29, 1.82) is 0 Å². The number of piperidine rings is 1. The van der Waals surface area contributed by atoms with Crippen LogP contribution in [0.4, 0.5) is 10.5 Å². The Morgan fingerprint density at radius 3 is 2.59 bits per heavy atom. The van der Waals surface area contributed by atoms with Crippen molar-refractivity contribution in [2.24, 2.45) is 5.92 Å². The first-order valence-corrected chi connectivity index (χ1v) is 9.67. The molecule has 1 aliphatic rings. The summed E-state index contributed by atoms with van der Waals surface area (Å²) in [6.45, 7) is 3.60. The Kier molecular flexibility index (Phi) is 6.96. The van der Waals surface area contributed by atoms with Crippen molar-refractivity contribution in [3.8, 4) is 5.75 Å². The highest BCUT2D eigenvalue weighted by atomic mass is 35.5. The van der Waals surface area contributed by atoms with Crippen molar-refractivity contribution in [3.63, 3.8) is 0 Å². The molecule has 0 atom stereocenters. The lowest BCUT2D eigenvalue weighted by Gasteiger charge is -2.32. The molecule has 2 amide bonds. The second-order valence-electron chi connectivity index (χ2n) is 6.85. The van der Waals surface area contributed by atoms with Crippen LogP contribution < -0.4 is 15.4 Å². The van der Waals surface area contributed by atoms with Crippen molar-refractivity contribution >= 4 is 23.3 Å². The third kappa shape index (κ3) is 5.62. The third-order valence-corrected chi connectivity index (χ3v) is 5.33. The fraction of sp³-hybridized carbons (Fsp3) is 0.381. The molecular formula is C21H26ClN3O2. The van der Waals surface area contributed by atoms with Gasteiger partial charge in [-0.2, -0.15) is 0 Å². The number of rotatable bonds is 6. The van der Waals surface area contributed by atoms with E-state index in [4.69, 9.17) is 16.3 Å². The second-order valence-corrected chi connectivity index (χ2v) is 7.25. The standard InChI is InChI=1S/C21H26ClN3O2/c1-27-20-9-5-4-8-19(20)24-21(26)23-14-16-10-12-25(13-11-16)15-17-6-2-3-7-18(17)22/h2-9,16H,10-15H2,1H3,(H2,23,24,26). The number of carbonyl (C=O) groups excluding carboxylic acids is 1. The molecule has 0 spiro atoms. The number of nitrogens with zero attached hydrogens (tertiary/aromatic N) is 1. The number of amides is 2. The molecule has 144 valence electrons. The average molecular weight is 388 g/mol. The highest BCUT2D eigenvalue weighted by molar-refractivity contribution is 6.31. The summed E-state index contributed by atoms with van der Waals surface area (Å²) in [5, 5.41) is 6.66. The molecule has 5 nitrogen and oxygen atoms in total. The molecule has 6 heteroatoms. The minimum Gasteiger partial charge on any atom is -0.495 e. The van der Waals surface area contributed by atoms with Crippen molar-refractivity contribution in [1.82, 2.24) is 10.2 Å². The van der Waals surface area contributed by atoms with Crippen LogP contribution in [0.25, 0.3) is 0 Å². The number of benzene rings is 2. The number of hydrogen-bond donors (Lipinski definition) is 2. The summed E-state index contributed by atoms with van der Waals surface area (Å²) in [7, 11) is 1.59. The predicted octanol–water partition coefficient (Wildman–Crippen LogP) is 4.38. The average Bonchev–Trinajstić information content (AvgIpc) is 2.69. The molecule has 3 rings (SSSR count). The number of para-hydroxylation sites is 2. The molecule has 1 aliphatic heterocycles. The zero-order valence-electron chi connectivity index (χ0n) is 15.6. The van der Waals surface area contributed by atoms with Gasteiger partial charge in [0.2, 0.25) is 0 Å². The van der Waals surface area contributed by atoms with Gasteiger partial charge in [0.25, 0.3) is 0 Å². The van der Waals surface area contributed by atoms with Gasteiger partial charge in [0.15, 0.2) is 0 Å². The first-order valence-electron chi connectivity index (χ1n) is 9.29. The molecule has 2 aromatic rings. The third-order valence-electron chi connectivity index (χ3n) is 4.97. The van der Waals surface area contributed by atoms with Gasteiger partial charge in [-0.1, -0.05) is 41.9 Å². The number of halogens is 1. The van der Waals surface area contributed by atoms with Crippen LogP contribution in [-0.4, -0.2) is 37.7 Å². The minimum atomic E-state index is -0.196. The Balaban J connectivity index is 1.40. The summed E-state index contributed by atoms with van der Waals surface area (Å²) in [5.41, 5.74) is 1.85. The quantitative estimate of drug-likeness (QED) is 0.773. The van der Waals surface area contributed by atoms with Crippen molar-refractivity contribution in [2.75, 3.05) is 32.1 Å². The fourth-order valence-corrected chi connectivity index (χ4v) is 3.56. The van der Waals surface area contributed by atoms with Crippen molar-refractivity contribution < 1.29 is 9.53 Å².